The highest BCUT2D eigenvalue weighted by Crippen LogP contribution is 2.48. The van der Waals surface area contributed by atoms with E-state index in [-0.39, 0.29) is 36.0 Å². The van der Waals surface area contributed by atoms with Crippen LogP contribution >= 0.6 is 0 Å². The SMILES string of the molecule is CCOC(=O)CC(NNC)C(=O)N1CC2(CCN(C(=O)c3ccc(C#Cc4ccccc4)o3)CC2)c2cc(CN)ccc21. The summed E-state index contributed by atoms with van der Waals surface area (Å²) >= 11 is 0. The molecule has 224 valence electrons. The number of nitrogens with zero attached hydrogens (tertiary/aromatic N) is 2. The zero-order chi connectivity index (χ0) is 30.4. The Morgan fingerprint density at radius 1 is 1.07 bits per heavy atom. The largest absolute Gasteiger partial charge is 0.466 e. The fraction of sp³-hybridized carbons (Fsp3) is 0.364. The Labute approximate surface area is 251 Å². The summed E-state index contributed by atoms with van der Waals surface area (Å²) in [7, 11) is 1.66. The number of nitrogens with two attached hydrogens (primary N) is 1. The summed E-state index contributed by atoms with van der Waals surface area (Å²) in [6.07, 6.45) is 1.22. The minimum Gasteiger partial charge on any atom is -0.466 e. The van der Waals surface area contributed by atoms with Crippen LogP contribution in [-0.4, -0.2) is 62.0 Å². The highest BCUT2D eigenvalue weighted by Gasteiger charge is 2.48. The highest BCUT2D eigenvalue weighted by molar-refractivity contribution is 6.01. The first-order chi connectivity index (χ1) is 20.9. The molecule has 10 heteroatoms. The summed E-state index contributed by atoms with van der Waals surface area (Å²) in [6, 6.07) is 18.1. The van der Waals surface area contributed by atoms with Gasteiger partial charge in [-0.15, -0.1) is 0 Å². The zero-order valence-electron chi connectivity index (χ0n) is 24.5. The molecule has 43 heavy (non-hydrogen) atoms. The van der Waals surface area contributed by atoms with Crippen molar-refractivity contribution < 1.29 is 23.5 Å². The Bertz CT molecular complexity index is 1530. The number of anilines is 1. The van der Waals surface area contributed by atoms with E-state index in [0.29, 0.717) is 44.8 Å². The van der Waals surface area contributed by atoms with Crippen molar-refractivity contribution in [3.8, 4) is 11.8 Å². The number of carbonyl (C=O) groups excluding carboxylic acids is 3. The van der Waals surface area contributed by atoms with Gasteiger partial charge in [-0.3, -0.25) is 19.8 Å². The van der Waals surface area contributed by atoms with Gasteiger partial charge < -0.3 is 24.7 Å². The summed E-state index contributed by atoms with van der Waals surface area (Å²) in [6.45, 7) is 3.80. The van der Waals surface area contributed by atoms with Gasteiger partial charge >= 0.3 is 5.97 Å². The van der Waals surface area contributed by atoms with Crippen molar-refractivity contribution in [1.29, 1.82) is 0 Å². The van der Waals surface area contributed by atoms with Crippen molar-refractivity contribution in [2.45, 2.75) is 44.2 Å². The quantitative estimate of drug-likeness (QED) is 0.210. The molecule has 0 radical (unpaired) electrons. The molecule has 0 bridgehead atoms. The molecular formula is C33H37N5O5. The molecular weight excluding hydrogens is 546 g/mol. The molecule has 10 nitrogen and oxygen atoms in total. The number of furan rings is 1. The highest BCUT2D eigenvalue weighted by atomic mass is 16.5. The molecule has 3 heterocycles. The number of rotatable bonds is 8. The van der Waals surface area contributed by atoms with E-state index >= 15 is 0 Å². The van der Waals surface area contributed by atoms with Gasteiger partial charge in [0, 0.05) is 42.8 Å². The van der Waals surface area contributed by atoms with Crippen LogP contribution in [0.3, 0.4) is 0 Å². The average Bonchev–Trinajstić information content (AvgIpc) is 3.63. The first-order valence-corrected chi connectivity index (χ1v) is 14.6. The van der Waals surface area contributed by atoms with Crippen LogP contribution in [0.5, 0.6) is 0 Å². The molecule has 5 rings (SSSR count). The molecule has 2 aromatic carbocycles. The molecule has 1 atom stereocenters. The normalized spacial score (nSPS) is 15.9. The van der Waals surface area contributed by atoms with E-state index in [1.54, 1.807) is 35.9 Å². The fourth-order valence-corrected chi connectivity index (χ4v) is 5.89. The van der Waals surface area contributed by atoms with Gasteiger partial charge in [-0.2, -0.15) is 0 Å². The van der Waals surface area contributed by atoms with Crippen molar-refractivity contribution >= 4 is 23.5 Å². The second-order valence-electron chi connectivity index (χ2n) is 10.8. The number of ether oxygens (including phenoxy) is 1. The van der Waals surface area contributed by atoms with Crippen molar-refractivity contribution in [2.75, 3.05) is 38.2 Å². The number of likely N-dealkylation sites (tertiary alicyclic amines) is 1. The maximum Gasteiger partial charge on any atom is 0.307 e. The van der Waals surface area contributed by atoms with Gasteiger partial charge in [-0.1, -0.05) is 36.3 Å². The number of fused-ring (bicyclic) bond motifs is 2. The van der Waals surface area contributed by atoms with Crippen LogP contribution in [0.2, 0.25) is 0 Å². The maximum absolute atomic E-state index is 13.8. The molecule has 1 spiro atoms. The molecule has 2 aliphatic heterocycles. The van der Waals surface area contributed by atoms with Gasteiger partial charge in [0.1, 0.15) is 6.04 Å². The Morgan fingerprint density at radius 3 is 2.53 bits per heavy atom. The molecule has 0 aliphatic carbocycles. The zero-order valence-corrected chi connectivity index (χ0v) is 24.5. The first-order valence-electron chi connectivity index (χ1n) is 14.6. The number of piperidine rings is 1. The lowest BCUT2D eigenvalue weighted by molar-refractivity contribution is -0.145. The predicted octanol–water partition coefficient (Wildman–Crippen LogP) is 2.70. The third-order valence-corrected chi connectivity index (χ3v) is 8.11. The van der Waals surface area contributed by atoms with Crippen molar-refractivity contribution in [2.24, 2.45) is 5.73 Å². The van der Waals surface area contributed by atoms with Crippen molar-refractivity contribution in [3.05, 3.63) is 88.9 Å². The molecule has 1 fully saturated rings. The summed E-state index contributed by atoms with van der Waals surface area (Å²) in [4.78, 5) is 43.0. The van der Waals surface area contributed by atoms with Gasteiger partial charge in [0.05, 0.1) is 13.0 Å². The van der Waals surface area contributed by atoms with Crippen LogP contribution in [0.4, 0.5) is 5.69 Å². The number of nitrogens with one attached hydrogen (secondary N) is 2. The van der Waals surface area contributed by atoms with E-state index in [0.717, 1.165) is 22.4 Å². The molecule has 2 amide bonds. The fourth-order valence-electron chi connectivity index (χ4n) is 5.89. The molecule has 2 aliphatic rings. The smallest absolute Gasteiger partial charge is 0.307 e. The van der Waals surface area contributed by atoms with E-state index in [4.69, 9.17) is 14.9 Å². The molecule has 1 aromatic heterocycles. The minimum absolute atomic E-state index is 0.101. The second kappa shape index (κ2) is 13.3. The first kappa shape index (κ1) is 30.0. The average molecular weight is 584 g/mol. The Hall–Kier alpha value is -4.43. The standard InChI is InChI=1S/C33H37N5O5/c1-3-42-30(39)20-27(36-35-2)31(40)38-22-33(26-19-24(21-34)10-13-28(26)38)15-17-37(18-16-33)32(41)29-14-12-25(43-29)11-9-23-7-5-4-6-8-23/h4-8,10,12-14,19,27,35-36H,3,15-18,20-22,34H2,1-2H3. The lowest BCUT2D eigenvalue weighted by Gasteiger charge is -2.39. The second-order valence-corrected chi connectivity index (χ2v) is 10.8. The van der Waals surface area contributed by atoms with Crippen LogP contribution in [0.15, 0.2) is 65.1 Å². The Kier molecular flexibility index (Phi) is 9.26. The summed E-state index contributed by atoms with van der Waals surface area (Å²) < 4.78 is 10.9. The lowest BCUT2D eigenvalue weighted by atomic mass is 9.74. The van der Waals surface area contributed by atoms with E-state index in [2.05, 4.69) is 28.8 Å². The third kappa shape index (κ3) is 6.49. The van der Waals surface area contributed by atoms with E-state index in [1.807, 2.05) is 42.5 Å². The van der Waals surface area contributed by atoms with Gasteiger partial charge in [0.15, 0.2) is 11.5 Å². The van der Waals surface area contributed by atoms with Crippen LogP contribution < -0.4 is 21.5 Å². The topological polar surface area (TPSA) is 130 Å². The van der Waals surface area contributed by atoms with E-state index < -0.39 is 12.0 Å². The Balaban J connectivity index is 1.32. The van der Waals surface area contributed by atoms with Crippen LogP contribution in [0.25, 0.3) is 0 Å². The minimum atomic E-state index is -0.805. The molecule has 1 saturated heterocycles. The number of hydrogen-bond acceptors (Lipinski definition) is 8. The van der Waals surface area contributed by atoms with Gasteiger partial charge in [-0.05, 0) is 74.2 Å². The van der Waals surface area contributed by atoms with Gasteiger partial charge in [-0.25, -0.2) is 5.43 Å². The number of benzene rings is 2. The van der Waals surface area contributed by atoms with Crippen LogP contribution in [-0.2, 0) is 26.3 Å². The van der Waals surface area contributed by atoms with Crippen LogP contribution in [0.1, 0.15) is 59.2 Å². The predicted molar refractivity (Wildman–Crippen MR) is 162 cm³/mol. The van der Waals surface area contributed by atoms with Crippen molar-refractivity contribution in [1.82, 2.24) is 15.8 Å². The van der Waals surface area contributed by atoms with Crippen LogP contribution in [0, 0.1) is 11.8 Å². The Morgan fingerprint density at radius 2 is 1.84 bits per heavy atom. The molecule has 1 unspecified atom stereocenters. The number of carbonyl (C=O) groups is 3. The summed E-state index contributed by atoms with van der Waals surface area (Å²) in [5.74, 6) is 5.85. The summed E-state index contributed by atoms with van der Waals surface area (Å²) in [5.41, 5.74) is 15.1. The number of hydrazine groups is 1. The molecule has 4 N–H and O–H groups in total. The maximum atomic E-state index is 13.8. The van der Waals surface area contributed by atoms with E-state index in [9.17, 15) is 14.4 Å². The van der Waals surface area contributed by atoms with Gasteiger partial charge in [0.2, 0.25) is 5.91 Å². The molecule has 0 saturated carbocycles. The summed E-state index contributed by atoms with van der Waals surface area (Å²) in [5, 5.41) is 0. The molecule has 3 aromatic rings. The number of hydrogen-bond donors (Lipinski definition) is 3. The number of esters is 1. The number of amides is 2. The van der Waals surface area contributed by atoms with Crippen molar-refractivity contribution in [3.63, 3.8) is 0 Å². The third-order valence-electron chi connectivity index (χ3n) is 8.11. The monoisotopic (exact) mass is 583 g/mol. The van der Waals surface area contributed by atoms with E-state index in [1.165, 1.54) is 0 Å². The van der Waals surface area contributed by atoms with Gasteiger partial charge in [0.25, 0.3) is 5.91 Å². The lowest BCUT2D eigenvalue weighted by Crippen LogP contribution is -2.53.